The summed E-state index contributed by atoms with van der Waals surface area (Å²) < 4.78 is 0. The van der Waals surface area contributed by atoms with E-state index in [0.717, 1.165) is 37.0 Å². The molecule has 9 atom stereocenters. The molecule has 2 heterocycles. The van der Waals surface area contributed by atoms with Gasteiger partial charge in [0.25, 0.3) is 0 Å². The van der Waals surface area contributed by atoms with Crippen LogP contribution in [0.25, 0.3) is 0 Å². The van der Waals surface area contributed by atoms with E-state index in [9.17, 15) is 10.2 Å². The lowest BCUT2D eigenvalue weighted by atomic mass is 9.60. The molecule has 41 heavy (non-hydrogen) atoms. The van der Waals surface area contributed by atoms with Gasteiger partial charge in [0.2, 0.25) is 0 Å². The van der Waals surface area contributed by atoms with Crippen molar-refractivity contribution in [3.05, 3.63) is 76.9 Å². The molecule has 0 amide bonds. The zero-order valence-corrected chi connectivity index (χ0v) is 26.9. The molecule has 0 spiro atoms. The molecule has 2 fully saturated rings. The normalized spacial score (nSPS) is 36.7. The van der Waals surface area contributed by atoms with Crippen molar-refractivity contribution in [1.29, 1.82) is 0 Å². The molecular weight excluding hydrogens is 541 g/mol. The van der Waals surface area contributed by atoms with E-state index in [1.165, 1.54) is 73.0 Å². The minimum absolute atomic E-state index is 0.276. The third-order valence-electron chi connectivity index (χ3n) is 11.1. The molecule has 2 nitrogen and oxygen atoms in total. The molecule has 2 aromatic rings. The van der Waals surface area contributed by atoms with Crippen LogP contribution in [0, 0.1) is 35.0 Å². The van der Waals surface area contributed by atoms with E-state index < -0.39 is 0 Å². The number of allylic oxidation sites excluding steroid dienone is 2. The van der Waals surface area contributed by atoms with Crippen molar-refractivity contribution in [3.63, 3.8) is 0 Å². The minimum Gasteiger partial charge on any atom is -0.508 e. The van der Waals surface area contributed by atoms with Crippen molar-refractivity contribution in [1.82, 2.24) is 0 Å². The van der Waals surface area contributed by atoms with Gasteiger partial charge in [-0.05, 0) is 146 Å². The molecule has 6 bridgehead atoms. The van der Waals surface area contributed by atoms with Crippen molar-refractivity contribution in [2.45, 2.75) is 102 Å². The van der Waals surface area contributed by atoms with Gasteiger partial charge < -0.3 is 10.2 Å². The van der Waals surface area contributed by atoms with Crippen LogP contribution in [0.1, 0.15) is 100 Å². The summed E-state index contributed by atoms with van der Waals surface area (Å²) in [4.78, 5) is 0. The summed E-state index contributed by atoms with van der Waals surface area (Å²) >= 11 is 0. The predicted molar refractivity (Wildman–Crippen MR) is 177 cm³/mol. The number of hydrogen-bond donors (Lipinski definition) is 2. The average molecular weight is 591 g/mol. The molecule has 2 N–H and O–H groups in total. The van der Waals surface area contributed by atoms with Gasteiger partial charge in [-0.3, -0.25) is 0 Å². The number of aliphatic hydroxyl groups excluding tert-OH is 1. The number of rotatable bonds is 2. The molecule has 0 radical (unpaired) electrons. The van der Waals surface area contributed by atoms with Crippen molar-refractivity contribution < 1.29 is 10.2 Å². The fourth-order valence-corrected chi connectivity index (χ4v) is 12.6. The highest BCUT2D eigenvalue weighted by Crippen LogP contribution is 2.52. The van der Waals surface area contributed by atoms with E-state index in [-0.39, 0.29) is 6.10 Å². The maximum Gasteiger partial charge on any atom is 0.116 e. The van der Waals surface area contributed by atoms with E-state index in [0.29, 0.717) is 34.2 Å². The Morgan fingerprint density at radius 1 is 0.976 bits per heavy atom. The first-order valence-corrected chi connectivity index (χ1v) is 18.7. The lowest BCUT2D eigenvalue weighted by molar-refractivity contribution is 0.0932. The van der Waals surface area contributed by atoms with Gasteiger partial charge in [0.1, 0.15) is 5.75 Å². The van der Waals surface area contributed by atoms with Crippen molar-refractivity contribution in [3.8, 4) is 5.75 Å². The molecule has 0 aromatic heterocycles. The zero-order valence-electron chi connectivity index (χ0n) is 25.3. The largest absolute Gasteiger partial charge is 0.508 e. The summed E-state index contributed by atoms with van der Waals surface area (Å²) in [6, 6.07) is 15.4. The molecule has 4 heteroatoms. The Morgan fingerprint density at radius 3 is 2.61 bits per heavy atom. The molecule has 0 unspecified atom stereocenters. The Morgan fingerprint density at radius 2 is 1.78 bits per heavy atom. The first kappa shape index (κ1) is 29.7. The van der Waals surface area contributed by atoms with Gasteiger partial charge in [-0.1, -0.05) is 77.9 Å². The van der Waals surface area contributed by atoms with Gasteiger partial charge in [-0.25, -0.2) is 0 Å². The predicted octanol–water partition coefficient (Wildman–Crippen LogP) is 9.58. The van der Waals surface area contributed by atoms with Gasteiger partial charge >= 0.3 is 0 Å². The number of hydrogen-bond acceptors (Lipinski definition) is 4. The quantitative estimate of drug-likeness (QED) is 0.270. The van der Waals surface area contributed by atoms with Crippen LogP contribution >= 0.6 is 21.6 Å². The Bertz CT molecular complexity index is 1220. The van der Waals surface area contributed by atoms with E-state index in [4.69, 9.17) is 0 Å². The van der Waals surface area contributed by atoms with E-state index >= 15 is 0 Å². The highest BCUT2D eigenvalue weighted by Gasteiger charge is 2.41. The van der Waals surface area contributed by atoms with Crippen LogP contribution in [-0.4, -0.2) is 27.3 Å². The molecule has 3 aliphatic carbocycles. The van der Waals surface area contributed by atoms with Crippen molar-refractivity contribution in [2.24, 2.45) is 35.0 Å². The van der Waals surface area contributed by atoms with Crippen LogP contribution in [0.3, 0.4) is 0 Å². The second-order valence-corrected chi connectivity index (χ2v) is 17.2. The molecule has 5 aliphatic rings. The lowest BCUT2D eigenvalue weighted by Crippen LogP contribution is -2.37. The Kier molecular flexibility index (Phi) is 9.20. The highest BCUT2D eigenvalue weighted by molar-refractivity contribution is 8.76. The Labute approximate surface area is 256 Å². The topological polar surface area (TPSA) is 40.5 Å². The van der Waals surface area contributed by atoms with Crippen LogP contribution in [0.5, 0.6) is 5.75 Å². The van der Waals surface area contributed by atoms with Gasteiger partial charge in [-0.2, -0.15) is 0 Å². The maximum absolute atomic E-state index is 10.9. The molecule has 0 saturated heterocycles. The third-order valence-corrected chi connectivity index (χ3v) is 14.2. The fourth-order valence-electron chi connectivity index (χ4n) is 9.10. The van der Waals surface area contributed by atoms with Crippen LogP contribution < -0.4 is 0 Å². The van der Waals surface area contributed by atoms with Crippen LogP contribution in [0.2, 0.25) is 0 Å². The average Bonchev–Trinajstić information content (AvgIpc) is 2.92. The molecule has 2 aromatic carbocycles. The lowest BCUT2D eigenvalue weighted by Gasteiger charge is -2.46. The Balaban J connectivity index is 1.33. The molecular formula is C37H50O2S2. The molecule has 2 saturated carbocycles. The first-order valence-electron chi connectivity index (χ1n) is 16.3. The monoisotopic (exact) mass is 590 g/mol. The number of benzene rings is 2. The molecule has 7 rings (SSSR count). The summed E-state index contributed by atoms with van der Waals surface area (Å²) in [5.41, 5.74) is 5.66. The van der Waals surface area contributed by atoms with E-state index in [2.05, 4.69) is 77.9 Å². The maximum atomic E-state index is 10.9. The van der Waals surface area contributed by atoms with Crippen LogP contribution in [0.15, 0.2) is 54.6 Å². The van der Waals surface area contributed by atoms with E-state index in [1.807, 2.05) is 19.1 Å². The molecule has 2 aliphatic heterocycles. The second-order valence-electron chi connectivity index (χ2n) is 14.5. The number of aromatic hydroxyl groups is 1. The minimum atomic E-state index is -0.276. The van der Waals surface area contributed by atoms with Gasteiger partial charge in [0.05, 0.1) is 6.10 Å². The van der Waals surface area contributed by atoms with Gasteiger partial charge in [0, 0.05) is 11.0 Å². The SMILES string of the molecule is C[C@H]1CC=C[C@](C)([C@@H]2C[C@@H]3CSS[C@@H]4CC[C@@H](C[C@H]4[C@H](C)O)c4ccccc4Cc4cc(O)cc(c4)C[C@H](C3)C2)C1. The first-order chi connectivity index (χ1) is 19.8. The Hall–Kier alpha value is -1.36. The van der Waals surface area contributed by atoms with Gasteiger partial charge in [-0.15, -0.1) is 0 Å². The zero-order chi connectivity index (χ0) is 28.6. The fraction of sp³-hybridized carbons (Fsp3) is 0.622. The van der Waals surface area contributed by atoms with Crippen molar-refractivity contribution in [2.75, 3.05) is 5.75 Å². The standard InChI is InChI=1S/C37H50O2S2/c1-24-7-6-12-37(3,22-24)32-17-26-13-27-14-28(20-33(39)19-27)16-30-8-4-5-9-34(30)31-10-11-36(35(21-31)25(2)38)41-40-23-29(15-26)18-32/h4-6,8-9,12,14,19-20,24-26,29,31-32,35-36,38-39H,7,10-11,13,15-18,21-23H2,1-3H3/t24-,25-,26+,29+,31-,32-,35-,36+,37-/m0/s1. The smallest absolute Gasteiger partial charge is 0.116 e. The molecule has 222 valence electrons. The van der Waals surface area contributed by atoms with Crippen LogP contribution in [-0.2, 0) is 12.8 Å². The summed E-state index contributed by atoms with van der Waals surface area (Å²) in [5.74, 6) is 5.34. The number of aliphatic hydroxyl groups is 1. The van der Waals surface area contributed by atoms with Crippen LogP contribution in [0.4, 0.5) is 0 Å². The summed E-state index contributed by atoms with van der Waals surface area (Å²) in [5, 5.41) is 22.3. The number of phenols is 1. The summed E-state index contributed by atoms with van der Waals surface area (Å²) in [7, 11) is 4.20. The van der Waals surface area contributed by atoms with E-state index in [1.54, 1.807) is 0 Å². The third kappa shape index (κ3) is 6.91. The van der Waals surface area contributed by atoms with Crippen molar-refractivity contribution >= 4 is 21.6 Å². The number of phenolic OH excluding ortho intramolecular Hbond substituents is 1. The summed E-state index contributed by atoms with van der Waals surface area (Å²) in [6.07, 6.45) is 16.6. The number of fused-ring (bicyclic) bond motifs is 4. The van der Waals surface area contributed by atoms with Gasteiger partial charge in [0.15, 0.2) is 0 Å². The highest BCUT2D eigenvalue weighted by atomic mass is 33.1. The second kappa shape index (κ2) is 12.7. The summed E-state index contributed by atoms with van der Waals surface area (Å²) in [6.45, 7) is 6.98.